The molecule has 0 bridgehead atoms. The molecule has 4 rings (SSSR count). The molecule has 1 saturated heterocycles. The van der Waals surface area contributed by atoms with Crippen molar-refractivity contribution in [3.05, 3.63) is 122 Å². The van der Waals surface area contributed by atoms with Crippen molar-refractivity contribution in [2.75, 3.05) is 4.90 Å². The number of allylic oxidation sites excluding steroid dienone is 2. The molecule has 1 N–H and O–H groups in total. The van der Waals surface area contributed by atoms with Gasteiger partial charge in [0.25, 0.3) is 11.6 Å². The summed E-state index contributed by atoms with van der Waals surface area (Å²) in [6.07, 6.45) is 4.75. The van der Waals surface area contributed by atoms with Crippen LogP contribution in [0.5, 0.6) is 0 Å². The highest BCUT2D eigenvalue weighted by Crippen LogP contribution is 2.43. The molecule has 1 aliphatic heterocycles. The van der Waals surface area contributed by atoms with E-state index >= 15 is 0 Å². The van der Waals surface area contributed by atoms with Gasteiger partial charge in [0.05, 0.1) is 20.7 Å². The topological polar surface area (TPSA) is 75.5 Å². The minimum atomic E-state index is -0.587. The minimum Gasteiger partial charge on any atom is -0.357 e. The first-order valence-electron chi connectivity index (χ1n) is 9.67. The third-order valence-electron chi connectivity index (χ3n) is 4.92. The monoisotopic (exact) mass is 465 g/mol. The first kappa shape index (κ1) is 21.6. The van der Waals surface area contributed by atoms with E-state index in [9.17, 15) is 14.9 Å². The van der Waals surface area contributed by atoms with E-state index in [0.29, 0.717) is 5.70 Å². The molecule has 160 valence electrons. The van der Waals surface area contributed by atoms with Crippen molar-refractivity contribution in [2.24, 2.45) is 0 Å². The van der Waals surface area contributed by atoms with E-state index < -0.39 is 11.1 Å². The fraction of sp³-hybridized carbons (Fsp3) is 0.0417. The van der Waals surface area contributed by atoms with E-state index in [-0.39, 0.29) is 27.3 Å². The number of hydrogen-bond acceptors (Lipinski definition) is 4. The average Bonchev–Trinajstić information content (AvgIpc) is 3.11. The predicted octanol–water partition coefficient (Wildman–Crippen LogP) is 6.13. The van der Waals surface area contributed by atoms with Crippen molar-refractivity contribution in [3.63, 3.8) is 0 Å². The van der Waals surface area contributed by atoms with E-state index in [1.54, 1.807) is 12.2 Å². The molecule has 0 spiro atoms. The lowest BCUT2D eigenvalue weighted by Gasteiger charge is -2.25. The van der Waals surface area contributed by atoms with Gasteiger partial charge in [0.2, 0.25) is 0 Å². The number of hydrogen-bond donors (Lipinski definition) is 1. The number of amides is 1. The molecule has 0 aliphatic carbocycles. The molecule has 0 radical (unpaired) electrons. The molecule has 1 fully saturated rings. The van der Waals surface area contributed by atoms with Gasteiger partial charge in [0.15, 0.2) is 0 Å². The van der Waals surface area contributed by atoms with Crippen LogP contribution in [-0.4, -0.2) is 10.8 Å². The maximum Gasteiger partial charge on any atom is 0.276 e. The lowest BCUT2D eigenvalue weighted by molar-refractivity contribution is -0.384. The fourth-order valence-electron chi connectivity index (χ4n) is 3.45. The molecule has 1 atom stereocenters. The summed E-state index contributed by atoms with van der Waals surface area (Å²) >= 11 is 12.7. The molecule has 8 heteroatoms. The molecule has 1 unspecified atom stereocenters. The summed E-state index contributed by atoms with van der Waals surface area (Å²) in [5.41, 5.74) is 2.10. The van der Waals surface area contributed by atoms with Crippen molar-refractivity contribution in [3.8, 4) is 0 Å². The van der Waals surface area contributed by atoms with E-state index in [4.69, 9.17) is 23.2 Å². The van der Waals surface area contributed by atoms with Crippen LogP contribution >= 0.6 is 23.2 Å². The zero-order valence-electron chi connectivity index (χ0n) is 16.6. The highest BCUT2D eigenvalue weighted by Gasteiger charge is 2.39. The number of nitro benzene ring substituents is 1. The smallest absolute Gasteiger partial charge is 0.276 e. The standard InChI is InChI=1S/C24H17Cl2N3O3/c25-19-14-18(29(31)32)15-20(26)22(19)28-23(17-11-5-2-6-12-17)27-21(24(28)30)13-7-10-16-8-3-1-4-9-16/h1-15,23,27H. The molecule has 1 aliphatic rings. The van der Waals surface area contributed by atoms with Gasteiger partial charge in [-0.15, -0.1) is 0 Å². The third kappa shape index (κ3) is 4.37. The Morgan fingerprint density at radius 3 is 2.16 bits per heavy atom. The number of rotatable bonds is 5. The molecule has 0 aromatic heterocycles. The lowest BCUT2D eigenvalue weighted by Crippen LogP contribution is -2.30. The average molecular weight is 466 g/mol. The molecule has 3 aromatic rings. The van der Waals surface area contributed by atoms with E-state index in [2.05, 4.69) is 5.32 Å². The van der Waals surface area contributed by atoms with Crippen LogP contribution < -0.4 is 10.2 Å². The fourth-order valence-corrected chi connectivity index (χ4v) is 4.10. The van der Waals surface area contributed by atoms with Gasteiger partial charge in [-0.1, -0.05) is 96.0 Å². The first-order chi connectivity index (χ1) is 15.5. The van der Waals surface area contributed by atoms with Gasteiger partial charge in [-0.05, 0) is 17.2 Å². The van der Waals surface area contributed by atoms with Crippen LogP contribution in [0.1, 0.15) is 17.3 Å². The quantitative estimate of drug-likeness (QED) is 0.279. The van der Waals surface area contributed by atoms with E-state index in [0.717, 1.165) is 11.1 Å². The normalized spacial score (nSPS) is 17.2. The predicted molar refractivity (Wildman–Crippen MR) is 126 cm³/mol. The molecule has 1 heterocycles. The van der Waals surface area contributed by atoms with Crippen molar-refractivity contribution < 1.29 is 9.72 Å². The summed E-state index contributed by atoms with van der Waals surface area (Å²) < 4.78 is 0. The lowest BCUT2D eigenvalue weighted by atomic mass is 10.1. The van der Waals surface area contributed by atoms with Gasteiger partial charge in [0.1, 0.15) is 11.9 Å². The Balaban J connectivity index is 1.75. The van der Waals surface area contributed by atoms with Crippen LogP contribution in [-0.2, 0) is 4.79 Å². The van der Waals surface area contributed by atoms with Gasteiger partial charge in [-0.25, -0.2) is 0 Å². The Labute approximate surface area is 194 Å². The largest absolute Gasteiger partial charge is 0.357 e. The van der Waals surface area contributed by atoms with Crippen LogP contribution in [0.25, 0.3) is 6.08 Å². The second kappa shape index (κ2) is 9.26. The number of nitro groups is 1. The molecule has 32 heavy (non-hydrogen) atoms. The van der Waals surface area contributed by atoms with Crippen molar-refractivity contribution in [1.82, 2.24) is 5.32 Å². The van der Waals surface area contributed by atoms with Crippen molar-refractivity contribution in [2.45, 2.75) is 6.17 Å². The Hall–Kier alpha value is -3.61. The summed E-state index contributed by atoms with van der Waals surface area (Å²) in [5, 5.41) is 14.4. The van der Waals surface area contributed by atoms with Gasteiger partial charge >= 0.3 is 0 Å². The number of non-ortho nitro benzene ring substituents is 1. The Morgan fingerprint density at radius 1 is 0.969 bits per heavy atom. The summed E-state index contributed by atoms with van der Waals surface area (Å²) in [4.78, 5) is 25.4. The highest BCUT2D eigenvalue weighted by molar-refractivity contribution is 6.40. The number of benzene rings is 3. The van der Waals surface area contributed by atoms with Gasteiger partial charge in [-0.2, -0.15) is 0 Å². The van der Waals surface area contributed by atoms with Crippen LogP contribution in [0.2, 0.25) is 10.0 Å². The Bertz CT molecular complexity index is 1200. The van der Waals surface area contributed by atoms with Crippen LogP contribution in [0.4, 0.5) is 11.4 Å². The second-order valence-electron chi connectivity index (χ2n) is 7.00. The van der Waals surface area contributed by atoms with Crippen LogP contribution in [0, 0.1) is 10.1 Å². The van der Waals surface area contributed by atoms with E-state index in [1.165, 1.54) is 17.0 Å². The summed E-state index contributed by atoms with van der Waals surface area (Å²) in [6.45, 7) is 0. The summed E-state index contributed by atoms with van der Waals surface area (Å²) in [7, 11) is 0. The first-order valence-corrected chi connectivity index (χ1v) is 10.4. The Morgan fingerprint density at radius 2 is 1.56 bits per heavy atom. The van der Waals surface area contributed by atoms with Crippen molar-refractivity contribution in [1.29, 1.82) is 0 Å². The number of nitrogens with zero attached hydrogens (tertiary/aromatic N) is 2. The molecule has 0 saturated carbocycles. The van der Waals surface area contributed by atoms with Gasteiger partial charge < -0.3 is 5.32 Å². The third-order valence-corrected chi connectivity index (χ3v) is 5.50. The zero-order valence-corrected chi connectivity index (χ0v) is 18.1. The molecular weight excluding hydrogens is 449 g/mol. The van der Waals surface area contributed by atoms with Gasteiger partial charge in [0, 0.05) is 12.1 Å². The number of halogens is 2. The number of anilines is 1. The molecular formula is C24H17Cl2N3O3. The molecule has 6 nitrogen and oxygen atoms in total. The summed E-state index contributed by atoms with van der Waals surface area (Å²) in [6, 6.07) is 21.4. The highest BCUT2D eigenvalue weighted by atomic mass is 35.5. The zero-order chi connectivity index (χ0) is 22.7. The van der Waals surface area contributed by atoms with Gasteiger partial charge in [-0.3, -0.25) is 19.8 Å². The minimum absolute atomic E-state index is 0.0151. The number of nitrogens with one attached hydrogen (secondary N) is 1. The van der Waals surface area contributed by atoms with Crippen LogP contribution in [0.3, 0.4) is 0 Å². The number of carbonyl (C=O) groups excluding carboxylic acids is 1. The SMILES string of the molecule is O=C1C(=CC=Cc2ccccc2)NC(c2ccccc2)N1c1c(Cl)cc([N+](=O)[O-])cc1Cl. The maximum atomic E-state index is 13.4. The molecule has 3 aromatic carbocycles. The van der Waals surface area contributed by atoms with Crippen molar-refractivity contribution >= 4 is 46.6 Å². The van der Waals surface area contributed by atoms with E-state index in [1.807, 2.05) is 66.7 Å². The number of carbonyl (C=O) groups is 1. The second-order valence-corrected chi connectivity index (χ2v) is 7.81. The maximum absolute atomic E-state index is 13.4. The summed E-state index contributed by atoms with van der Waals surface area (Å²) in [5.74, 6) is -0.353. The molecule has 1 amide bonds. The Kier molecular flexibility index (Phi) is 6.25. The van der Waals surface area contributed by atoms with Crippen LogP contribution in [0.15, 0.2) is 90.6 Å².